The van der Waals surface area contributed by atoms with E-state index in [1.54, 1.807) is 0 Å². The summed E-state index contributed by atoms with van der Waals surface area (Å²) < 4.78 is 9.94. The summed E-state index contributed by atoms with van der Waals surface area (Å²) in [6.45, 7) is 0.0157. The van der Waals surface area contributed by atoms with Crippen LogP contribution in [0, 0.1) is 5.92 Å². The first-order valence-electron chi connectivity index (χ1n) is 5.76. The highest BCUT2D eigenvalue weighted by atomic mass is 16.6. The minimum atomic E-state index is -0.444. The van der Waals surface area contributed by atoms with E-state index in [9.17, 15) is 9.59 Å². The molecule has 100 valence electrons. The lowest BCUT2D eigenvalue weighted by atomic mass is 10.0. The first-order chi connectivity index (χ1) is 8.72. The highest BCUT2D eigenvalue weighted by Crippen LogP contribution is 2.11. The Labute approximate surface area is 106 Å². The van der Waals surface area contributed by atoms with E-state index in [1.807, 2.05) is 24.3 Å². The number of rotatable bonds is 7. The Bertz CT molecular complexity index is 339. The van der Waals surface area contributed by atoms with Crippen LogP contribution in [0.1, 0.15) is 6.42 Å². The monoisotopic (exact) mass is 254 g/mol. The fraction of sp³-hybridized carbons (Fsp3) is 0.500. The van der Waals surface area contributed by atoms with Gasteiger partial charge in [-0.15, -0.1) is 0 Å². The number of nitrogens with one attached hydrogen (secondary N) is 1. The van der Waals surface area contributed by atoms with E-state index in [2.05, 4.69) is 5.32 Å². The van der Waals surface area contributed by atoms with Gasteiger partial charge in [0.15, 0.2) is 0 Å². The minimum absolute atomic E-state index is 0.0444. The number of hydrogen-bond donors (Lipinski definition) is 2. The van der Waals surface area contributed by atoms with Gasteiger partial charge in [0, 0.05) is 5.92 Å². The number of allylic oxidation sites excluding steroid dienone is 3. The van der Waals surface area contributed by atoms with Crippen molar-refractivity contribution in [2.75, 3.05) is 26.5 Å². The van der Waals surface area contributed by atoms with E-state index in [4.69, 9.17) is 15.2 Å². The van der Waals surface area contributed by atoms with Crippen molar-refractivity contribution < 1.29 is 19.1 Å². The van der Waals surface area contributed by atoms with Crippen LogP contribution in [-0.4, -0.2) is 38.4 Å². The summed E-state index contributed by atoms with van der Waals surface area (Å²) in [6, 6.07) is 0. The molecule has 0 aromatic rings. The quantitative estimate of drug-likeness (QED) is 0.370. The molecule has 1 aliphatic rings. The van der Waals surface area contributed by atoms with E-state index < -0.39 is 5.97 Å². The van der Waals surface area contributed by atoms with Crippen LogP contribution < -0.4 is 11.1 Å². The van der Waals surface area contributed by atoms with E-state index in [-0.39, 0.29) is 31.7 Å². The van der Waals surface area contributed by atoms with Crippen LogP contribution >= 0.6 is 0 Å². The molecule has 1 aliphatic carbocycles. The van der Waals surface area contributed by atoms with Crippen molar-refractivity contribution in [2.24, 2.45) is 11.7 Å². The molecule has 3 N–H and O–H groups in total. The Hall–Kier alpha value is -1.66. The van der Waals surface area contributed by atoms with Gasteiger partial charge < -0.3 is 20.5 Å². The standard InChI is InChI=1S/C12H18N2O4/c13-6-11(15)14-9-17-8-12(16)18-7-10-4-2-1-3-5-10/h1-4,10H,5-9,13H2,(H,14,15)/t10-/m0/s1. The van der Waals surface area contributed by atoms with Crippen molar-refractivity contribution in [3.05, 3.63) is 24.3 Å². The molecule has 1 amide bonds. The second-order valence-electron chi connectivity index (χ2n) is 3.79. The van der Waals surface area contributed by atoms with E-state index in [1.165, 1.54) is 0 Å². The van der Waals surface area contributed by atoms with Gasteiger partial charge in [-0.1, -0.05) is 24.3 Å². The fourth-order valence-corrected chi connectivity index (χ4v) is 1.34. The largest absolute Gasteiger partial charge is 0.463 e. The molecular weight excluding hydrogens is 236 g/mol. The number of carbonyl (C=O) groups excluding carboxylic acids is 2. The van der Waals surface area contributed by atoms with Crippen molar-refractivity contribution in [2.45, 2.75) is 6.42 Å². The zero-order valence-electron chi connectivity index (χ0n) is 10.1. The molecule has 0 heterocycles. The summed E-state index contributed by atoms with van der Waals surface area (Å²) in [5, 5.41) is 2.38. The van der Waals surface area contributed by atoms with Crippen LogP contribution in [0.5, 0.6) is 0 Å². The van der Waals surface area contributed by atoms with Crippen LogP contribution in [0.15, 0.2) is 24.3 Å². The molecule has 6 nitrogen and oxygen atoms in total. The molecular formula is C12H18N2O4. The van der Waals surface area contributed by atoms with E-state index in [0.29, 0.717) is 6.61 Å². The van der Waals surface area contributed by atoms with Gasteiger partial charge in [0.1, 0.15) is 13.3 Å². The second-order valence-corrected chi connectivity index (χ2v) is 3.79. The van der Waals surface area contributed by atoms with Crippen LogP contribution in [0.25, 0.3) is 0 Å². The van der Waals surface area contributed by atoms with Crippen molar-refractivity contribution >= 4 is 11.9 Å². The molecule has 0 aromatic heterocycles. The highest BCUT2D eigenvalue weighted by molar-refractivity contribution is 5.77. The third kappa shape index (κ3) is 6.17. The maximum atomic E-state index is 11.3. The smallest absolute Gasteiger partial charge is 0.332 e. The zero-order valence-corrected chi connectivity index (χ0v) is 10.1. The minimum Gasteiger partial charge on any atom is -0.463 e. The first kappa shape index (κ1) is 14.4. The third-order valence-electron chi connectivity index (χ3n) is 2.30. The fourth-order valence-electron chi connectivity index (χ4n) is 1.34. The molecule has 0 fully saturated rings. The van der Waals surface area contributed by atoms with Gasteiger partial charge in [-0.25, -0.2) is 4.79 Å². The van der Waals surface area contributed by atoms with Crippen molar-refractivity contribution in [1.29, 1.82) is 0 Å². The molecule has 0 saturated carbocycles. The summed E-state index contributed by atoms with van der Waals surface area (Å²) in [7, 11) is 0. The molecule has 0 spiro atoms. The Kier molecular flexibility index (Phi) is 6.75. The van der Waals surface area contributed by atoms with Crippen LogP contribution in [-0.2, 0) is 19.1 Å². The van der Waals surface area contributed by atoms with Gasteiger partial charge >= 0.3 is 5.97 Å². The van der Waals surface area contributed by atoms with Crippen LogP contribution in [0.2, 0.25) is 0 Å². The lowest BCUT2D eigenvalue weighted by Gasteiger charge is -2.13. The summed E-state index contributed by atoms with van der Waals surface area (Å²) in [5.41, 5.74) is 5.07. The first-order valence-corrected chi connectivity index (χ1v) is 5.76. The Morgan fingerprint density at radius 2 is 2.22 bits per heavy atom. The topological polar surface area (TPSA) is 90.7 Å². The zero-order chi connectivity index (χ0) is 13.2. The average molecular weight is 254 g/mol. The molecule has 0 aliphatic heterocycles. The average Bonchev–Trinajstić information content (AvgIpc) is 2.42. The third-order valence-corrected chi connectivity index (χ3v) is 2.30. The number of hydrogen-bond acceptors (Lipinski definition) is 5. The summed E-state index contributed by atoms with van der Waals surface area (Å²) in [6.07, 6.45) is 8.78. The summed E-state index contributed by atoms with van der Waals surface area (Å²) in [4.78, 5) is 22.0. The highest BCUT2D eigenvalue weighted by Gasteiger charge is 2.09. The van der Waals surface area contributed by atoms with Gasteiger partial charge in [0.05, 0.1) is 13.2 Å². The van der Waals surface area contributed by atoms with Gasteiger partial charge in [-0.05, 0) is 6.42 Å². The number of carbonyl (C=O) groups is 2. The molecule has 0 radical (unpaired) electrons. The van der Waals surface area contributed by atoms with Crippen molar-refractivity contribution in [3.63, 3.8) is 0 Å². The van der Waals surface area contributed by atoms with Crippen LogP contribution in [0.3, 0.4) is 0 Å². The molecule has 0 unspecified atom stereocenters. The molecule has 0 aromatic carbocycles. The molecule has 6 heteroatoms. The predicted octanol–water partition coefficient (Wildman–Crippen LogP) is -0.289. The molecule has 0 saturated heterocycles. The normalized spacial score (nSPS) is 17.5. The summed E-state index contributed by atoms with van der Waals surface area (Å²) >= 11 is 0. The van der Waals surface area contributed by atoms with E-state index >= 15 is 0 Å². The van der Waals surface area contributed by atoms with Crippen LogP contribution in [0.4, 0.5) is 0 Å². The Morgan fingerprint density at radius 1 is 1.39 bits per heavy atom. The number of ether oxygens (including phenoxy) is 2. The number of amides is 1. The lowest BCUT2D eigenvalue weighted by molar-refractivity contribution is -0.150. The van der Waals surface area contributed by atoms with Gasteiger partial charge in [0.25, 0.3) is 0 Å². The molecule has 1 atom stereocenters. The summed E-state index contributed by atoms with van der Waals surface area (Å²) in [5.74, 6) is -0.543. The number of esters is 1. The van der Waals surface area contributed by atoms with Gasteiger partial charge in [-0.2, -0.15) is 0 Å². The Balaban J connectivity index is 2.02. The van der Waals surface area contributed by atoms with E-state index in [0.717, 1.165) is 6.42 Å². The maximum absolute atomic E-state index is 11.3. The molecule has 1 rings (SSSR count). The van der Waals surface area contributed by atoms with Gasteiger partial charge in [-0.3, -0.25) is 4.79 Å². The van der Waals surface area contributed by atoms with Crippen molar-refractivity contribution in [3.8, 4) is 0 Å². The maximum Gasteiger partial charge on any atom is 0.332 e. The SMILES string of the molecule is NCC(=O)NCOCC(=O)OC[C@H]1C=CC=CC1. The lowest BCUT2D eigenvalue weighted by Crippen LogP contribution is -2.33. The Morgan fingerprint density at radius 3 is 2.89 bits per heavy atom. The predicted molar refractivity (Wildman–Crippen MR) is 65.4 cm³/mol. The molecule has 18 heavy (non-hydrogen) atoms. The second kappa shape index (κ2) is 8.43. The number of nitrogens with two attached hydrogens (primary N) is 1. The molecule has 0 bridgehead atoms. The van der Waals surface area contributed by atoms with Crippen molar-refractivity contribution in [1.82, 2.24) is 5.32 Å². The van der Waals surface area contributed by atoms with Gasteiger partial charge in [0.2, 0.25) is 5.91 Å².